The Morgan fingerprint density at radius 3 is 2.17 bits per heavy atom. The summed E-state index contributed by atoms with van der Waals surface area (Å²) in [5.74, 6) is 0.953. The number of amides is 1. The van der Waals surface area contributed by atoms with Crippen molar-refractivity contribution in [3.8, 4) is 0 Å². The molecule has 1 amide bonds. The van der Waals surface area contributed by atoms with Crippen LogP contribution in [-0.2, 0) is 4.79 Å². The Labute approximate surface area is 174 Å². The molecule has 0 heterocycles. The van der Waals surface area contributed by atoms with E-state index in [1.807, 2.05) is 54.6 Å². The summed E-state index contributed by atoms with van der Waals surface area (Å²) < 4.78 is 0. The number of unbranched alkanes of at least 4 members (excludes halogenated alkanes) is 6. The molecule has 1 aliphatic carbocycles. The molecular formula is C25H33N3O. The Bertz CT molecular complexity index is 770. The molecule has 4 heteroatoms. The van der Waals surface area contributed by atoms with Gasteiger partial charge in [-0.3, -0.25) is 4.79 Å². The first kappa shape index (κ1) is 21.2. The number of anilines is 1. The molecule has 0 saturated heterocycles. The van der Waals surface area contributed by atoms with Gasteiger partial charge in [-0.15, -0.1) is 0 Å². The molecule has 1 fully saturated rings. The van der Waals surface area contributed by atoms with Crippen LogP contribution in [0.15, 0.2) is 64.8 Å². The molecule has 0 aromatic heterocycles. The van der Waals surface area contributed by atoms with Gasteiger partial charge in [-0.2, -0.15) is 10.2 Å². The van der Waals surface area contributed by atoms with E-state index in [-0.39, 0.29) is 11.8 Å². The average Bonchev–Trinajstić information content (AvgIpc) is 3.53. The van der Waals surface area contributed by atoms with Crippen molar-refractivity contribution in [1.82, 2.24) is 0 Å². The number of nitrogens with zero attached hydrogens (tertiary/aromatic N) is 2. The first-order chi connectivity index (χ1) is 14.3. The number of nitrogens with one attached hydrogen (secondary N) is 1. The normalized spacial score (nSPS) is 18.1. The smallest absolute Gasteiger partial charge is 0.227 e. The van der Waals surface area contributed by atoms with Crippen LogP contribution in [0.3, 0.4) is 0 Å². The minimum absolute atomic E-state index is 0.164. The lowest BCUT2D eigenvalue weighted by Crippen LogP contribution is -2.14. The molecular weight excluding hydrogens is 358 g/mol. The van der Waals surface area contributed by atoms with Gasteiger partial charge in [0, 0.05) is 11.6 Å². The largest absolute Gasteiger partial charge is 0.326 e. The molecule has 2 aromatic rings. The summed E-state index contributed by atoms with van der Waals surface area (Å²) in [6, 6.07) is 17.2. The molecule has 2 aromatic carbocycles. The number of hydrogen-bond donors (Lipinski definition) is 1. The average molecular weight is 392 g/mol. The zero-order chi connectivity index (χ0) is 20.3. The Hall–Kier alpha value is -2.49. The molecule has 1 N–H and O–H groups in total. The minimum Gasteiger partial charge on any atom is -0.326 e. The quantitative estimate of drug-likeness (QED) is 0.291. The van der Waals surface area contributed by atoms with Crippen LogP contribution in [0.1, 0.15) is 64.7 Å². The number of carbonyl (C=O) groups excluding carboxylic acids is 1. The third-order valence-corrected chi connectivity index (χ3v) is 5.61. The predicted octanol–water partition coefficient (Wildman–Crippen LogP) is 7.82. The lowest BCUT2D eigenvalue weighted by atomic mass is 10.1. The Morgan fingerprint density at radius 1 is 0.862 bits per heavy atom. The van der Waals surface area contributed by atoms with Crippen LogP contribution >= 0.6 is 0 Å². The second kappa shape index (κ2) is 11.5. The molecule has 0 radical (unpaired) electrons. The molecule has 1 saturated carbocycles. The van der Waals surface area contributed by atoms with E-state index in [4.69, 9.17) is 0 Å². The minimum atomic E-state index is 0.164. The molecule has 154 valence electrons. The molecule has 0 aliphatic heterocycles. The summed E-state index contributed by atoms with van der Waals surface area (Å²) in [6.45, 7) is 2.25. The molecule has 0 spiro atoms. The predicted molar refractivity (Wildman–Crippen MR) is 120 cm³/mol. The first-order valence-corrected chi connectivity index (χ1v) is 11.1. The fraction of sp³-hybridized carbons (Fsp3) is 0.480. The van der Waals surface area contributed by atoms with E-state index in [1.165, 1.54) is 51.4 Å². The Balaban J connectivity index is 1.34. The van der Waals surface area contributed by atoms with Gasteiger partial charge in [0.15, 0.2) is 0 Å². The summed E-state index contributed by atoms with van der Waals surface area (Å²) >= 11 is 0. The zero-order valence-electron chi connectivity index (χ0n) is 17.5. The van der Waals surface area contributed by atoms with Crippen molar-refractivity contribution in [2.45, 2.75) is 64.7 Å². The molecule has 0 bridgehead atoms. The summed E-state index contributed by atoms with van der Waals surface area (Å²) in [5, 5.41) is 11.5. The highest BCUT2D eigenvalue weighted by molar-refractivity contribution is 5.94. The van der Waals surface area contributed by atoms with E-state index in [2.05, 4.69) is 22.5 Å². The summed E-state index contributed by atoms with van der Waals surface area (Å²) in [7, 11) is 0. The fourth-order valence-electron chi connectivity index (χ4n) is 3.71. The van der Waals surface area contributed by atoms with Crippen molar-refractivity contribution in [2.75, 3.05) is 5.32 Å². The summed E-state index contributed by atoms with van der Waals surface area (Å²) in [4.78, 5) is 12.4. The van der Waals surface area contributed by atoms with Crippen molar-refractivity contribution in [3.63, 3.8) is 0 Å². The van der Waals surface area contributed by atoms with Crippen molar-refractivity contribution >= 4 is 23.0 Å². The van der Waals surface area contributed by atoms with Crippen molar-refractivity contribution in [1.29, 1.82) is 0 Å². The van der Waals surface area contributed by atoms with Crippen LogP contribution in [0.4, 0.5) is 17.1 Å². The van der Waals surface area contributed by atoms with Gasteiger partial charge >= 0.3 is 0 Å². The lowest BCUT2D eigenvalue weighted by Gasteiger charge is -2.05. The van der Waals surface area contributed by atoms with E-state index in [9.17, 15) is 4.79 Å². The fourth-order valence-corrected chi connectivity index (χ4v) is 3.71. The van der Waals surface area contributed by atoms with Gasteiger partial charge in [0.1, 0.15) is 0 Å². The Kier molecular flexibility index (Phi) is 8.41. The topological polar surface area (TPSA) is 53.8 Å². The van der Waals surface area contributed by atoms with Gasteiger partial charge in [0.25, 0.3) is 0 Å². The van der Waals surface area contributed by atoms with E-state index in [1.54, 1.807) is 0 Å². The number of benzene rings is 2. The third-order valence-electron chi connectivity index (χ3n) is 5.61. The Morgan fingerprint density at radius 2 is 1.48 bits per heavy atom. The maximum absolute atomic E-state index is 12.4. The van der Waals surface area contributed by atoms with E-state index < -0.39 is 0 Å². The van der Waals surface area contributed by atoms with Gasteiger partial charge in [-0.1, -0.05) is 70.1 Å². The van der Waals surface area contributed by atoms with Gasteiger partial charge < -0.3 is 5.32 Å². The van der Waals surface area contributed by atoms with Crippen LogP contribution in [0.25, 0.3) is 0 Å². The summed E-state index contributed by atoms with van der Waals surface area (Å²) in [5.41, 5.74) is 2.43. The second-order valence-corrected chi connectivity index (χ2v) is 8.08. The monoisotopic (exact) mass is 391 g/mol. The van der Waals surface area contributed by atoms with Gasteiger partial charge in [-0.25, -0.2) is 0 Å². The van der Waals surface area contributed by atoms with Crippen LogP contribution in [0.2, 0.25) is 0 Å². The highest BCUT2D eigenvalue weighted by Gasteiger charge is 2.42. The van der Waals surface area contributed by atoms with E-state index >= 15 is 0 Å². The third kappa shape index (κ3) is 7.45. The number of carbonyl (C=O) groups is 1. The van der Waals surface area contributed by atoms with Crippen LogP contribution in [0.5, 0.6) is 0 Å². The second-order valence-electron chi connectivity index (χ2n) is 8.08. The molecule has 0 unspecified atom stereocenters. The molecule has 2 atom stereocenters. The van der Waals surface area contributed by atoms with Crippen molar-refractivity contribution in [3.05, 3.63) is 54.6 Å². The molecule has 3 rings (SSSR count). The lowest BCUT2D eigenvalue weighted by molar-refractivity contribution is -0.117. The maximum Gasteiger partial charge on any atom is 0.227 e. The maximum atomic E-state index is 12.4. The highest BCUT2D eigenvalue weighted by atomic mass is 16.2. The molecule has 4 nitrogen and oxygen atoms in total. The standard InChI is InChI=1S/C25H33N3O/c1-2-3-4-5-6-7-9-12-20-19-24(20)25(29)26-21-15-17-23(18-16-21)28-27-22-13-10-8-11-14-22/h8,10-11,13-18,20,24H,2-7,9,12,19H2,1H3,(H,26,29)/t20-,24-/m1/s1. The van der Waals surface area contributed by atoms with Crippen LogP contribution in [-0.4, -0.2) is 5.91 Å². The molecule has 29 heavy (non-hydrogen) atoms. The van der Waals surface area contributed by atoms with E-state index in [0.29, 0.717) is 5.92 Å². The molecule has 1 aliphatic rings. The van der Waals surface area contributed by atoms with Crippen LogP contribution in [0, 0.1) is 11.8 Å². The van der Waals surface area contributed by atoms with Crippen LogP contribution < -0.4 is 5.32 Å². The zero-order valence-corrected chi connectivity index (χ0v) is 17.5. The number of hydrogen-bond acceptors (Lipinski definition) is 3. The first-order valence-electron chi connectivity index (χ1n) is 11.1. The van der Waals surface area contributed by atoms with Gasteiger partial charge in [-0.05, 0) is 55.2 Å². The highest BCUT2D eigenvalue weighted by Crippen LogP contribution is 2.43. The van der Waals surface area contributed by atoms with E-state index in [0.717, 1.165) is 23.5 Å². The SMILES string of the molecule is CCCCCCCCC[C@@H]1C[C@H]1C(=O)Nc1ccc(N=Nc2ccccc2)cc1. The number of azo groups is 1. The van der Waals surface area contributed by atoms with Gasteiger partial charge in [0.2, 0.25) is 5.91 Å². The summed E-state index contributed by atoms with van der Waals surface area (Å²) in [6.07, 6.45) is 11.6. The van der Waals surface area contributed by atoms with Gasteiger partial charge in [0.05, 0.1) is 11.4 Å². The van der Waals surface area contributed by atoms with Crippen molar-refractivity contribution < 1.29 is 4.79 Å². The van der Waals surface area contributed by atoms with Crippen molar-refractivity contribution in [2.24, 2.45) is 22.1 Å². The number of rotatable bonds is 12.